The Morgan fingerprint density at radius 3 is 2.50 bits per heavy atom. The summed E-state index contributed by atoms with van der Waals surface area (Å²) in [5.74, 6) is -1.25. The highest BCUT2D eigenvalue weighted by molar-refractivity contribution is 5.85. The first-order valence-corrected chi connectivity index (χ1v) is 9.87. The summed E-state index contributed by atoms with van der Waals surface area (Å²) in [5.41, 5.74) is 0.771. The maximum absolute atomic E-state index is 12.0. The smallest absolute Gasteiger partial charge is 0.308 e. The molecule has 1 aliphatic carbocycles. The lowest BCUT2D eigenvalue weighted by molar-refractivity contribution is -0.141. The van der Waals surface area contributed by atoms with Crippen LogP contribution in [0.3, 0.4) is 0 Å². The number of para-hydroxylation sites is 1. The lowest BCUT2D eigenvalue weighted by Crippen LogP contribution is -2.41. The van der Waals surface area contributed by atoms with Crippen LogP contribution in [0, 0.1) is 11.8 Å². The fourth-order valence-electron chi connectivity index (χ4n) is 3.59. The maximum atomic E-state index is 12.0. The molecule has 0 spiro atoms. The summed E-state index contributed by atoms with van der Waals surface area (Å²) in [7, 11) is 1.53. The van der Waals surface area contributed by atoms with Crippen molar-refractivity contribution in [3.63, 3.8) is 0 Å². The zero-order chi connectivity index (χ0) is 20.4. The van der Waals surface area contributed by atoms with E-state index < -0.39 is 11.9 Å². The number of aliphatic carboxylic acids is 1. The number of carboxylic acid groups (broad SMARTS) is 1. The van der Waals surface area contributed by atoms with E-state index in [0.29, 0.717) is 18.1 Å². The number of ether oxygens (including phenoxy) is 1. The van der Waals surface area contributed by atoms with Crippen LogP contribution in [0.2, 0.25) is 0 Å². The third-order valence-corrected chi connectivity index (χ3v) is 5.20. The molecule has 7 heteroatoms. The molecule has 0 aliphatic heterocycles. The molecule has 1 aromatic carbocycles. The van der Waals surface area contributed by atoms with Crippen LogP contribution in [0.15, 0.2) is 24.3 Å². The van der Waals surface area contributed by atoms with Crippen LogP contribution in [0.25, 0.3) is 0 Å². The van der Waals surface area contributed by atoms with Gasteiger partial charge in [0.2, 0.25) is 11.8 Å². The van der Waals surface area contributed by atoms with E-state index in [4.69, 9.17) is 4.74 Å². The largest absolute Gasteiger partial charge is 0.496 e. The Kier molecular flexibility index (Phi) is 8.78. The highest BCUT2D eigenvalue weighted by Gasteiger charge is 2.21. The Bertz CT molecular complexity index is 671. The number of benzene rings is 1. The van der Waals surface area contributed by atoms with Crippen molar-refractivity contribution in [2.24, 2.45) is 11.8 Å². The van der Waals surface area contributed by atoms with Gasteiger partial charge in [0.05, 0.1) is 19.6 Å². The standard InChI is InChI=1S/C21H30N2O5/c1-28-18-10-6-5-9-16(18)12-17(21(26)27)13-22-20(25)14-23-19(24)11-15-7-3-2-4-8-15/h5-6,9-10,15,17H,2-4,7-8,11-14H2,1H3,(H,22,25)(H,23,24)(H,26,27). The second kappa shape index (κ2) is 11.3. The topological polar surface area (TPSA) is 105 Å². The predicted octanol–water partition coefficient (Wildman–Crippen LogP) is 2.14. The van der Waals surface area contributed by atoms with Gasteiger partial charge in [-0.2, -0.15) is 0 Å². The molecule has 0 aromatic heterocycles. The van der Waals surface area contributed by atoms with Crippen molar-refractivity contribution in [2.45, 2.75) is 44.9 Å². The van der Waals surface area contributed by atoms with Crippen LogP contribution in [-0.4, -0.2) is 43.1 Å². The maximum Gasteiger partial charge on any atom is 0.308 e. The molecule has 0 bridgehead atoms. The summed E-state index contributed by atoms with van der Waals surface area (Å²) < 4.78 is 5.25. The van der Waals surface area contributed by atoms with E-state index in [1.807, 2.05) is 18.2 Å². The third kappa shape index (κ3) is 7.21. The van der Waals surface area contributed by atoms with Gasteiger partial charge in [-0.3, -0.25) is 14.4 Å². The molecule has 1 fully saturated rings. The molecule has 1 saturated carbocycles. The van der Waals surface area contributed by atoms with Crippen molar-refractivity contribution in [3.8, 4) is 5.75 Å². The lowest BCUT2D eigenvalue weighted by Gasteiger charge is -2.20. The van der Waals surface area contributed by atoms with Crippen molar-refractivity contribution in [1.82, 2.24) is 10.6 Å². The quantitative estimate of drug-likeness (QED) is 0.568. The highest BCUT2D eigenvalue weighted by Crippen LogP contribution is 2.26. The SMILES string of the molecule is COc1ccccc1CC(CNC(=O)CNC(=O)CC1CCCCC1)C(=O)O. The average molecular weight is 390 g/mol. The molecule has 0 heterocycles. The van der Waals surface area contributed by atoms with Crippen molar-refractivity contribution in [3.05, 3.63) is 29.8 Å². The molecule has 1 unspecified atom stereocenters. The number of hydrogen-bond acceptors (Lipinski definition) is 4. The summed E-state index contributed by atoms with van der Waals surface area (Å²) in [6.07, 6.45) is 6.42. The van der Waals surface area contributed by atoms with Gasteiger partial charge < -0.3 is 20.5 Å². The number of methoxy groups -OCH3 is 1. The number of rotatable bonds is 10. The summed E-state index contributed by atoms with van der Waals surface area (Å²) in [4.78, 5) is 35.5. The van der Waals surface area contributed by atoms with Crippen molar-refractivity contribution in [1.29, 1.82) is 0 Å². The Hall–Kier alpha value is -2.57. The van der Waals surface area contributed by atoms with Gasteiger partial charge >= 0.3 is 5.97 Å². The number of carbonyl (C=O) groups excluding carboxylic acids is 2. The zero-order valence-electron chi connectivity index (χ0n) is 16.4. The molecule has 1 aromatic rings. The fraction of sp³-hybridized carbons (Fsp3) is 0.571. The van der Waals surface area contributed by atoms with Gasteiger partial charge in [-0.25, -0.2) is 0 Å². The number of hydrogen-bond donors (Lipinski definition) is 3. The van der Waals surface area contributed by atoms with Crippen LogP contribution in [0.5, 0.6) is 5.75 Å². The van der Waals surface area contributed by atoms with Crippen molar-refractivity contribution < 1.29 is 24.2 Å². The van der Waals surface area contributed by atoms with Crippen LogP contribution >= 0.6 is 0 Å². The molecule has 1 aliphatic rings. The van der Waals surface area contributed by atoms with Crippen LogP contribution in [0.1, 0.15) is 44.1 Å². The summed E-state index contributed by atoms with van der Waals surface area (Å²) in [6.45, 7) is -0.142. The molecular formula is C21H30N2O5. The van der Waals surface area contributed by atoms with Gasteiger partial charge in [-0.15, -0.1) is 0 Å². The van der Waals surface area contributed by atoms with E-state index in [0.717, 1.165) is 18.4 Å². The third-order valence-electron chi connectivity index (χ3n) is 5.20. The van der Waals surface area contributed by atoms with Crippen LogP contribution in [-0.2, 0) is 20.8 Å². The van der Waals surface area contributed by atoms with E-state index in [1.54, 1.807) is 6.07 Å². The van der Waals surface area contributed by atoms with Crippen molar-refractivity contribution >= 4 is 17.8 Å². The van der Waals surface area contributed by atoms with Gasteiger partial charge in [0.1, 0.15) is 5.75 Å². The minimum Gasteiger partial charge on any atom is -0.496 e. The van der Waals surface area contributed by atoms with Gasteiger partial charge in [0.15, 0.2) is 0 Å². The summed E-state index contributed by atoms with van der Waals surface area (Å²) in [5, 5.41) is 14.7. The van der Waals surface area contributed by atoms with Gasteiger partial charge in [-0.05, 0) is 36.8 Å². The minimum absolute atomic E-state index is 0.00922. The van der Waals surface area contributed by atoms with E-state index in [2.05, 4.69) is 10.6 Å². The summed E-state index contributed by atoms with van der Waals surface area (Å²) in [6, 6.07) is 7.21. The molecular weight excluding hydrogens is 360 g/mol. The van der Waals surface area contributed by atoms with Gasteiger partial charge in [0, 0.05) is 13.0 Å². The first kappa shape index (κ1) is 21.7. The second-order valence-electron chi connectivity index (χ2n) is 7.34. The van der Waals surface area contributed by atoms with Crippen molar-refractivity contribution in [2.75, 3.05) is 20.2 Å². The monoisotopic (exact) mass is 390 g/mol. The number of nitrogens with one attached hydrogen (secondary N) is 2. The number of carbonyl (C=O) groups is 3. The Morgan fingerprint density at radius 1 is 1.11 bits per heavy atom. The fourth-order valence-corrected chi connectivity index (χ4v) is 3.59. The zero-order valence-corrected chi connectivity index (χ0v) is 16.4. The molecule has 7 nitrogen and oxygen atoms in total. The van der Waals surface area contributed by atoms with E-state index >= 15 is 0 Å². The van der Waals surface area contributed by atoms with E-state index in [9.17, 15) is 19.5 Å². The highest BCUT2D eigenvalue weighted by atomic mass is 16.5. The predicted molar refractivity (Wildman–Crippen MR) is 105 cm³/mol. The molecule has 1 atom stereocenters. The number of amides is 2. The first-order chi connectivity index (χ1) is 13.5. The molecule has 154 valence electrons. The molecule has 2 rings (SSSR count). The Labute approximate surface area is 165 Å². The molecule has 3 N–H and O–H groups in total. The van der Waals surface area contributed by atoms with E-state index in [1.165, 1.54) is 26.4 Å². The average Bonchev–Trinajstić information content (AvgIpc) is 2.70. The van der Waals surface area contributed by atoms with Crippen LogP contribution in [0.4, 0.5) is 0 Å². The Morgan fingerprint density at radius 2 is 1.82 bits per heavy atom. The Balaban J connectivity index is 1.75. The number of carboxylic acids is 1. The molecule has 2 amide bonds. The molecule has 0 radical (unpaired) electrons. The summed E-state index contributed by atoms with van der Waals surface area (Å²) >= 11 is 0. The lowest BCUT2D eigenvalue weighted by atomic mass is 9.87. The first-order valence-electron chi connectivity index (χ1n) is 9.87. The molecule has 28 heavy (non-hydrogen) atoms. The minimum atomic E-state index is -0.993. The van der Waals surface area contributed by atoms with Gasteiger partial charge in [-0.1, -0.05) is 37.5 Å². The normalized spacial score (nSPS) is 15.5. The molecule has 0 saturated heterocycles. The van der Waals surface area contributed by atoms with Gasteiger partial charge in [0.25, 0.3) is 0 Å². The van der Waals surface area contributed by atoms with E-state index in [-0.39, 0.29) is 31.3 Å². The second-order valence-corrected chi connectivity index (χ2v) is 7.34. The van der Waals surface area contributed by atoms with Crippen LogP contribution < -0.4 is 15.4 Å².